The maximum absolute atomic E-state index is 13.2. The average molecular weight is 357 g/mol. The largest absolute Gasteiger partial charge is 0.479 e. The minimum Gasteiger partial charge on any atom is -0.479 e. The zero-order chi connectivity index (χ0) is 18.5. The summed E-state index contributed by atoms with van der Waals surface area (Å²) in [6, 6.07) is 14.3. The van der Waals surface area contributed by atoms with E-state index in [2.05, 4.69) is 5.32 Å². The van der Waals surface area contributed by atoms with E-state index in [4.69, 9.17) is 9.47 Å². The topological polar surface area (TPSA) is 64.6 Å². The Morgan fingerprint density at radius 3 is 2.35 bits per heavy atom. The van der Waals surface area contributed by atoms with Gasteiger partial charge in [-0.25, -0.2) is 9.18 Å². The normalized spacial score (nSPS) is 15.6. The quantitative estimate of drug-likeness (QED) is 0.773. The Labute approximate surface area is 151 Å². The molecule has 5 nitrogen and oxygen atoms in total. The Balaban J connectivity index is 1.70. The average Bonchev–Trinajstić information content (AvgIpc) is 3.45. The van der Waals surface area contributed by atoms with Gasteiger partial charge in [-0.3, -0.25) is 4.79 Å². The zero-order valence-corrected chi connectivity index (χ0v) is 14.4. The SMILES string of the molecule is CC(Oc1ccccc1)C(=O)OC(C(=O)NC1CC1)c1ccc(F)cc1. The van der Waals surface area contributed by atoms with Crippen molar-refractivity contribution in [2.75, 3.05) is 0 Å². The van der Waals surface area contributed by atoms with Crippen molar-refractivity contribution in [3.05, 3.63) is 66.0 Å². The molecule has 2 aromatic carbocycles. The molecule has 0 radical (unpaired) electrons. The van der Waals surface area contributed by atoms with Crippen molar-refractivity contribution >= 4 is 11.9 Å². The van der Waals surface area contributed by atoms with Crippen LogP contribution in [-0.4, -0.2) is 24.0 Å². The van der Waals surface area contributed by atoms with Crippen molar-refractivity contribution in [2.24, 2.45) is 0 Å². The van der Waals surface area contributed by atoms with Crippen molar-refractivity contribution in [1.82, 2.24) is 5.32 Å². The van der Waals surface area contributed by atoms with E-state index in [1.54, 1.807) is 31.2 Å². The molecule has 2 atom stereocenters. The van der Waals surface area contributed by atoms with E-state index < -0.39 is 29.9 Å². The van der Waals surface area contributed by atoms with Gasteiger partial charge in [0.05, 0.1) is 0 Å². The molecule has 1 fully saturated rings. The van der Waals surface area contributed by atoms with Gasteiger partial charge in [0.15, 0.2) is 6.10 Å². The molecule has 1 N–H and O–H groups in total. The lowest BCUT2D eigenvalue weighted by molar-refractivity contribution is -0.162. The summed E-state index contributed by atoms with van der Waals surface area (Å²) in [4.78, 5) is 24.9. The first-order chi connectivity index (χ1) is 12.5. The zero-order valence-electron chi connectivity index (χ0n) is 14.4. The van der Waals surface area contributed by atoms with Crippen LogP contribution in [0.3, 0.4) is 0 Å². The van der Waals surface area contributed by atoms with Crippen molar-refractivity contribution in [2.45, 2.75) is 38.0 Å². The maximum Gasteiger partial charge on any atom is 0.348 e. The van der Waals surface area contributed by atoms with Gasteiger partial charge < -0.3 is 14.8 Å². The van der Waals surface area contributed by atoms with E-state index >= 15 is 0 Å². The first-order valence-electron chi connectivity index (χ1n) is 8.51. The standard InChI is InChI=1S/C20H20FNO4/c1-13(25-17-5-3-2-4-6-17)20(24)26-18(19(23)22-16-11-12-16)14-7-9-15(21)10-8-14/h2-10,13,16,18H,11-12H2,1H3,(H,22,23). The summed E-state index contributed by atoms with van der Waals surface area (Å²) in [5.41, 5.74) is 0.407. The number of benzene rings is 2. The molecule has 0 bridgehead atoms. The lowest BCUT2D eigenvalue weighted by atomic mass is 10.1. The molecule has 1 saturated carbocycles. The van der Waals surface area contributed by atoms with Crippen LogP contribution in [0.2, 0.25) is 0 Å². The Morgan fingerprint density at radius 1 is 1.08 bits per heavy atom. The van der Waals surface area contributed by atoms with Gasteiger partial charge in [0.1, 0.15) is 11.6 Å². The Morgan fingerprint density at radius 2 is 1.73 bits per heavy atom. The van der Waals surface area contributed by atoms with Crippen LogP contribution in [-0.2, 0) is 14.3 Å². The minimum absolute atomic E-state index is 0.113. The molecule has 1 aliphatic carbocycles. The van der Waals surface area contributed by atoms with Crippen LogP contribution < -0.4 is 10.1 Å². The minimum atomic E-state index is -1.15. The number of esters is 1. The highest BCUT2D eigenvalue weighted by Crippen LogP contribution is 2.24. The fraction of sp³-hybridized carbons (Fsp3) is 0.300. The summed E-state index contributed by atoms with van der Waals surface area (Å²) >= 11 is 0. The van der Waals surface area contributed by atoms with Gasteiger partial charge in [-0.1, -0.05) is 30.3 Å². The smallest absolute Gasteiger partial charge is 0.348 e. The second-order valence-electron chi connectivity index (χ2n) is 6.22. The lowest BCUT2D eigenvalue weighted by Crippen LogP contribution is -2.36. The van der Waals surface area contributed by atoms with Crippen LogP contribution >= 0.6 is 0 Å². The Hall–Kier alpha value is -2.89. The number of hydrogen-bond acceptors (Lipinski definition) is 4. The molecule has 136 valence electrons. The van der Waals surface area contributed by atoms with Crippen molar-refractivity contribution in [1.29, 1.82) is 0 Å². The van der Waals surface area contributed by atoms with E-state index in [0.717, 1.165) is 12.8 Å². The van der Waals surface area contributed by atoms with Crippen LogP contribution in [0, 0.1) is 5.82 Å². The van der Waals surface area contributed by atoms with E-state index in [1.807, 2.05) is 6.07 Å². The van der Waals surface area contributed by atoms with Gasteiger partial charge in [0, 0.05) is 11.6 Å². The number of amides is 1. The van der Waals surface area contributed by atoms with Gasteiger partial charge in [-0.2, -0.15) is 0 Å². The van der Waals surface area contributed by atoms with Crippen LogP contribution in [0.5, 0.6) is 5.75 Å². The predicted octanol–water partition coefficient (Wildman–Crippen LogP) is 3.16. The highest BCUT2D eigenvalue weighted by molar-refractivity contribution is 5.86. The van der Waals surface area contributed by atoms with Gasteiger partial charge in [-0.15, -0.1) is 0 Å². The van der Waals surface area contributed by atoms with E-state index in [9.17, 15) is 14.0 Å². The molecule has 1 amide bonds. The summed E-state index contributed by atoms with van der Waals surface area (Å²) in [5.74, 6) is -0.992. The third-order valence-corrected chi connectivity index (χ3v) is 3.96. The van der Waals surface area contributed by atoms with Crippen LogP contribution in [0.4, 0.5) is 4.39 Å². The molecule has 0 aromatic heterocycles. The number of halogens is 1. The first-order valence-corrected chi connectivity index (χ1v) is 8.51. The summed E-state index contributed by atoms with van der Waals surface area (Å²) in [5, 5.41) is 2.81. The maximum atomic E-state index is 13.2. The highest BCUT2D eigenvalue weighted by atomic mass is 19.1. The number of hydrogen-bond donors (Lipinski definition) is 1. The van der Waals surface area contributed by atoms with Crippen molar-refractivity contribution in [3.8, 4) is 5.75 Å². The van der Waals surface area contributed by atoms with E-state index in [1.165, 1.54) is 24.3 Å². The van der Waals surface area contributed by atoms with Crippen molar-refractivity contribution < 1.29 is 23.5 Å². The van der Waals surface area contributed by atoms with Gasteiger partial charge in [-0.05, 0) is 44.0 Å². The van der Waals surface area contributed by atoms with Gasteiger partial charge in [0.2, 0.25) is 6.10 Å². The number of rotatable bonds is 7. The number of nitrogens with one attached hydrogen (secondary N) is 1. The lowest BCUT2D eigenvalue weighted by Gasteiger charge is -2.21. The summed E-state index contributed by atoms with van der Waals surface area (Å²) in [6.45, 7) is 1.55. The summed E-state index contributed by atoms with van der Waals surface area (Å²) < 4.78 is 24.1. The number of para-hydroxylation sites is 1. The second-order valence-corrected chi connectivity index (χ2v) is 6.22. The molecule has 0 spiro atoms. The third-order valence-electron chi connectivity index (χ3n) is 3.96. The number of carbonyl (C=O) groups is 2. The third kappa shape index (κ3) is 4.81. The van der Waals surface area contributed by atoms with Gasteiger partial charge in [0.25, 0.3) is 5.91 Å². The van der Waals surface area contributed by atoms with Gasteiger partial charge >= 0.3 is 5.97 Å². The molecule has 3 rings (SSSR count). The molecular formula is C20H20FNO4. The fourth-order valence-electron chi connectivity index (χ4n) is 2.38. The fourth-order valence-corrected chi connectivity index (χ4v) is 2.38. The molecule has 2 aromatic rings. The first kappa shape index (κ1) is 17.9. The highest BCUT2D eigenvalue weighted by Gasteiger charge is 2.32. The Kier molecular flexibility index (Phi) is 5.51. The molecule has 0 heterocycles. The van der Waals surface area contributed by atoms with Crippen molar-refractivity contribution in [3.63, 3.8) is 0 Å². The monoisotopic (exact) mass is 357 g/mol. The molecule has 26 heavy (non-hydrogen) atoms. The molecular weight excluding hydrogens is 337 g/mol. The molecule has 6 heteroatoms. The van der Waals surface area contributed by atoms with E-state index in [-0.39, 0.29) is 6.04 Å². The number of carbonyl (C=O) groups excluding carboxylic acids is 2. The number of ether oxygens (including phenoxy) is 2. The van der Waals surface area contributed by atoms with E-state index in [0.29, 0.717) is 11.3 Å². The van der Waals surface area contributed by atoms with Crippen LogP contribution in [0.15, 0.2) is 54.6 Å². The molecule has 2 unspecified atom stereocenters. The second kappa shape index (κ2) is 7.99. The molecule has 1 aliphatic rings. The summed E-state index contributed by atoms with van der Waals surface area (Å²) in [7, 11) is 0. The van der Waals surface area contributed by atoms with Crippen LogP contribution in [0.1, 0.15) is 31.4 Å². The Bertz CT molecular complexity index is 759. The van der Waals surface area contributed by atoms with Crippen LogP contribution in [0.25, 0.3) is 0 Å². The predicted molar refractivity (Wildman–Crippen MR) is 92.9 cm³/mol. The molecule has 0 aliphatic heterocycles. The molecule has 0 saturated heterocycles. The summed E-state index contributed by atoms with van der Waals surface area (Å²) in [6.07, 6.45) is -0.230.